The lowest BCUT2D eigenvalue weighted by Gasteiger charge is -2.04. The van der Waals surface area contributed by atoms with E-state index in [1.54, 1.807) is 6.07 Å². The maximum atomic E-state index is 12.7. The zero-order valence-corrected chi connectivity index (χ0v) is 16.8. The SMILES string of the molecule is C#CCn1c(=NC(=O)c2cccc(S(C)(=O)=O)c2)sc2c(C)ccc(C)c21. The van der Waals surface area contributed by atoms with Gasteiger partial charge < -0.3 is 4.57 Å². The number of benzene rings is 2. The first-order valence-corrected chi connectivity index (χ1v) is 10.9. The number of carbonyl (C=O) groups is 1. The van der Waals surface area contributed by atoms with Crippen molar-refractivity contribution in [3.8, 4) is 12.3 Å². The summed E-state index contributed by atoms with van der Waals surface area (Å²) in [5, 5.41) is 0. The van der Waals surface area contributed by atoms with E-state index in [1.807, 2.05) is 30.5 Å². The minimum atomic E-state index is -3.40. The summed E-state index contributed by atoms with van der Waals surface area (Å²) in [6, 6.07) is 9.92. The zero-order valence-electron chi connectivity index (χ0n) is 15.2. The fourth-order valence-corrected chi connectivity index (χ4v) is 4.65. The Balaban J connectivity index is 2.21. The predicted molar refractivity (Wildman–Crippen MR) is 108 cm³/mol. The van der Waals surface area contributed by atoms with E-state index >= 15 is 0 Å². The average molecular weight is 399 g/mol. The number of aromatic nitrogens is 1. The molecule has 0 spiro atoms. The van der Waals surface area contributed by atoms with E-state index in [-0.39, 0.29) is 10.5 Å². The van der Waals surface area contributed by atoms with Crippen LogP contribution in [0.5, 0.6) is 0 Å². The van der Waals surface area contributed by atoms with Crippen LogP contribution in [0.25, 0.3) is 10.2 Å². The number of rotatable bonds is 3. The third-order valence-electron chi connectivity index (χ3n) is 4.18. The molecule has 3 aromatic rings. The average Bonchev–Trinajstić information content (AvgIpc) is 2.97. The van der Waals surface area contributed by atoms with Crippen LogP contribution in [-0.2, 0) is 16.4 Å². The molecule has 5 nitrogen and oxygen atoms in total. The molecular formula is C20H18N2O3S2. The Kier molecular flexibility index (Phi) is 5.05. The number of carbonyl (C=O) groups excluding carboxylic acids is 1. The van der Waals surface area contributed by atoms with Crippen molar-refractivity contribution in [3.63, 3.8) is 0 Å². The molecule has 0 atom stereocenters. The topological polar surface area (TPSA) is 68.5 Å². The number of terminal acetylenes is 1. The normalized spacial score (nSPS) is 12.3. The molecule has 0 saturated heterocycles. The van der Waals surface area contributed by atoms with E-state index in [1.165, 1.54) is 29.5 Å². The summed E-state index contributed by atoms with van der Waals surface area (Å²) >= 11 is 1.40. The second-order valence-corrected chi connectivity index (χ2v) is 9.26. The fourth-order valence-electron chi connectivity index (χ4n) is 2.81. The van der Waals surface area contributed by atoms with Crippen molar-refractivity contribution in [1.29, 1.82) is 0 Å². The van der Waals surface area contributed by atoms with E-state index in [4.69, 9.17) is 6.42 Å². The first-order valence-electron chi connectivity index (χ1n) is 8.14. The monoisotopic (exact) mass is 398 g/mol. The van der Waals surface area contributed by atoms with Crippen LogP contribution < -0.4 is 4.80 Å². The molecule has 138 valence electrons. The molecule has 0 radical (unpaired) electrons. The van der Waals surface area contributed by atoms with Crippen LogP contribution >= 0.6 is 11.3 Å². The Morgan fingerprint density at radius 1 is 1.22 bits per heavy atom. The molecule has 0 aliphatic carbocycles. The van der Waals surface area contributed by atoms with Crippen molar-refractivity contribution in [2.24, 2.45) is 4.99 Å². The molecule has 1 amide bonds. The number of nitrogens with zero attached hydrogens (tertiary/aromatic N) is 2. The third kappa shape index (κ3) is 3.72. The predicted octanol–water partition coefficient (Wildman–Crippen LogP) is 3.10. The van der Waals surface area contributed by atoms with Crippen LogP contribution in [0.3, 0.4) is 0 Å². The van der Waals surface area contributed by atoms with Gasteiger partial charge in [-0.2, -0.15) is 4.99 Å². The lowest BCUT2D eigenvalue weighted by molar-refractivity contribution is 0.0997. The lowest BCUT2D eigenvalue weighted by atomic mass is 10.1. The molecule has 0 bridgehead atoms. The lowest BCUT2D eigenvalue weighted by Crippen LogP contribution is -2.17. The molecule has 0 aliphatic heterocycles. The van der Waals surface area contributed by atoms with Gasteiger partial charge >= 0.3 is 0 Å². The minimum absolute atomic E-state index is 0.0862. The Morgan fingerprint density at radius 2 is 1.93 bits per heavy atom. The summed E-state index contributed by atoms with van der Waals surface area (Å²) in [6.45, 7) is 4.28. The van der Waals surface area contributed by atoms with Crippen LogP contribution in [0.15, 0.2) is 46.3 Å². The van der Waals surface area contributed by atoms with Gasteiger partial charge in [0.2, 0.25) is 0 Å². The van der Waals surface area contributed by atoms with Gasteiger partial charge in [0.05, 0.1) is 21.7 Å². The van der Waals surface area contributed by atoms with Gasteiger partial charge in [0, 0.05) is 11.8 Å². The van der Waals surface area contributed by atoms with Crippen molar-refractivity contribution >= 4 is 37.3 Å². The highest BCUT2D eigenvalue weighted by molar-refractivity contribution is 7.90. The van der Waals surface area contributed by atoms with E-state index in [0.29, 0.717) is 11.3 Å². The van der Waals surface area contributed by atoms with Crippen LogP contribution in [0.1, 0.15) is 21.5 Å². The van der Waals surface area contributed by atoms with Gasteiger partial charge in [0.15, 0.2) is 14.6 Å². The highest BCUT2D eigenvalue weighted by Crippen LogP contribution is 2.25. The number of sulfone groups is 1. The zero-order chi connectivity index (χ0) is 19.8. The van der Waals surface area contributed by atoms with Crippen LogP contribution in [0.4, 0.5) is 0 Å². The summed E-state index contributed by atoms with van der Waals surface area (Å²) < 4.78 is 26.3. The summed E-state index contributed by atoms with van der Waals surface area (Å²) in [5.74, 6) is 2.10. The van der Waals surface area contributed by atoms with Crippen LogP contribution in [0.2, 0.25) is 0 Å². The number of amides is 1. The molecule has 0 saturated carbocycles. The molecule has 0 unspecified atom stereocenters. The van der Waals surface area contributed by atoms with Gasteiger partial charge in [0.25, 0.3) is 5.91 Å². The molecule has 0 N–H and O–H groups in total. The first-order chi connectivity index (χ1) is 12.7. The smallest absolute Gasteiger partial charge is 0.279 e. The minimum Gasteiger partial charge on any atom is -0.304 e. The number of aryl methyl sites for hydroxylation is 2. The molecule has 1 heterocycles. The Morgan fingerprint density at radius 3 is 2.59 bits per heavy atom. The quantitative estimate of drug-likeness (QED) is 0.637. The second-order valence-electron chi connectivity index (χ2n) is 6.27. The van der Waals surface area contributed by atoms with Crippen molar-refractivity contribution in [3.05, 3.63) is 57.9 Å². The number of fused-ring (bicyclic) bond motifs is 1. The van der Waals surface area contributed by atoms with Crippen molar-refractivity contribution < 1.29 is 13.2 Å². The first kappa shape index (κ1) is 19.1. The highest BCUT2D eigenvalue weighted by atomic mass is 32.2. The van der Waals surface area contributed by atoms with Gasteiger partial charge in [-0.3, -0.25) is 4.79 Å². The van der Waals surface area contributed by atoms with Crippen molar-refractivity contribution in [1.82, 2.24) is 4.57 Å². The van der Waals surface area contributed by atoms with E-state index in [0.717, 1.165) is 27.6 Å². The Labute approximate surface area is 161 Å². The molecule has 7 heteroatoms. The van der Waals surface area contributed by atoms with E-state index < -0.39 is 15.7 Å². The maximum Gasteiger partial charge on any atom is 0.279 e. The van der Waals surface area contributed by atoms with E-state index in [9.17, 15) is 13.2 Å². The van der Waals surface area contributed by atoms with Crippen molar-refractivity contribution in [2.45, 2.75) is 25.3 Å². The van der Waals surface area contributed by atoms with E-state index in [2.05, 4.69) is 10.9 Å². The summed E-state index contributed by atoms with van der Waals surface area (Å²) in [7, 11) is -3.40. The number of hydrogen-bond acceptors (Lipinski definition) is 4. The second kappa shape index (κ2) is 7.14. The fraction of sp³-hybridized carbons (Fsp3) is 0.200. The number of thiazole rings is 1. The Bertz CT molecular complexity index is 1270. The molecule has 2 aromatic carbocycles. The standard InChI is InChI=1S/C20H18N2O3S2/c1-5-11-22-17-13(2)9-10-14(3)18(17)26-20(22)21-19(23)15-7-6-8-16(12-15)27(4,24)25/h1,6-10,12H,11H2,2-4H3. The van der Waals surface area contributed by atoms with Crippen molar-refractivity contribution in [2.75, 3.05) is 6.26 Å². The molecule has 1 aromatic heterocycles. The summed E-state index contributed by atoms with van der Waals surface area (Å²) in [5.41, 5.74) is 3.32. The molecule has 27 heavy (non-hydrogen) atoms. The van der Waals surface area contributed by atoms with Crippen LogP contribution in [-0.4, -0.2) is 25.1 Å². The summed E-state index contributed by atoms with van der Waals surface area (Å²) in [6.07, 6.45) is 6.62. The third-order valence-corrected chi connectivity index (χ3v) is 6.50. The molecule has 3 rings (SSSR count). The Hall–Kier alpha value is -2.69. The number of hydrogen-bond donors (Lipinski definition) is 0. The van der Waals surface area contributed by atoms with Gasteiger partial charge in [-0.15, -0.1) is 6.42 Å². The van der Waals surface area contributed by atoms with Gasteiger partial charge in [-0.1, -0.05) is 35.5 Å². The van der Waals surface area contributed by atoms with Gasteiger partial charge in [-0.25, -0.2) is 8.42 Å². The maximum absolute atomic E-state index is 12.7. The molecule has 0 fully saturated rings. The largest absolute Gasteiger partial charge is 0.304 e. The van der Waals surface area contributed by atoms with Gasteiger partial charge in [0.1, 0.15) is 0 Å². The summed E-state index contributed by atoms with van der Waals surface area (Å²) in [4.78, 5) is 17.5. The van der Waals surface area contributed by atoms with Gasteiger partial charge in [-0.05, 0) is 43.2 Å². The molecule has 0 aliphatic rings. The van der Waals surface area contributed by atoms with Crippen LogP contribution in [0, 0.1) is 26.2 Å². The highest BCUT2D eigenvalue weighted by Gasteiger charge is 2.14. The molecular weight excluding hydrogens is 380 g/mol.